The van der Waals surface area contributed by atoms with E-state index in [0.29, 0.717) is 16.2 Å². The third-order valence-electron chi connectivity index (χ3n) is 3.38. The van der Waals surface area contributed by atoms with Crippen molar-refractivity contribution in [3.63, 3.8) is 0 Å². The Kier molecular flexibility index (Phi) is 4.53. The molecule has 1 amide bonds. The number of rotatable bonds is 4. The van der Waals surface area contributed by atoms with Crippen molar-refractivity contribution in [3.8, 4) is 0 Å². The van der Waals surface area contributed by atoms with Gasteiger partial charge in [0.05, 0.1) is 16.6 Å². The first-order valence-corrected chi connectivity index (χ1v) is 9.63. The number of amides is 1. The van der Waals surface area contributed by atoms with Crippen LogP contribution in [-0.2, 0) is 14.6 Å². The molecular weight excluding hydrogens is 370 g/mol. The van der Waals surface area contributed by atoms with Crippen LogP contribution >= 0.6 is 23.3 Å². The van der Waals surface area contributed by atoms with Crippen LogP contribution in [0.15, 0.2) is 41.3 Å². The topological polar surface area (TPSA) is 89.0 Å². The molecule has 0 aliphatic carbocycles. The van der Waals surface area contributed by atoms with Crippen molar-refractivity contribution in [1.82, 2.24) is 8.75 Å². The van der Waals surface area contributed by atoms with Gasteiger partial charge >= 0.3 is 0 Å². The second kappa shape index (κ2) is 6.46. The SMILES string of the molecule is Cc1ccc(Cl)cc1NC(=O)CS(=O)(=O)c1cccc2nsnc12. The first kappa shape index (κ1) is 16.8. The minimum absolute atomic E-state index is 0.00622. The molecule has 0 fully saturated rings. The van der Waals surface area contributed by atoms with E-state index in [1.54, 1.807) is 37.3 Å². The number of fused-ring (bicyclic) bond motifs is 1. The van der Waals surface area contributed by atoms with Crippen LogP contribution in [0.2, 0.25) is 5.02 Å². The number of nitrogens with one attached hydrogen (secondary N) is 1. The summed E-state index contributed by atoms with van der Waals surface area (Å²) in [5.74, 6) is -1.32. The van der Waals surface area contributed by atoms with Crippen LogP contribution in [0.3, 0.4) is 0 Å². The number of carbonyl (C=O) groups is 1. The fourth-order valence-electron chi connectivity index (χ4n) is 2.20. The molecule has 0 spiro atoms. The van der Waals surface area contributed by atoms with Gasteiger partial charge in [0.2, 0.25) is 5.91 Å². The van der Waals surface area contributed by atoms with Crippen LogP contribution in [-0.4, -0.2) is 28.8 Å². The quantitative estimate of drug-likeness (QED) is 0.750. The molecule has 0 radical (unpaired) electrons. The lowest BCUT2D eigenvalue weighted by Crippen LogP contribution is -2.23. The molecule has 9 heteroatoms. The van der Waals surface area contributed by atoms with E-state index in [2.05, 4.69) is 14.1 Å². The monoisotopic (exact) mass is 381 g/mol. The second-order valence-corrected chi connectivity index (χ2v) is 8.08. The minimum Gasteiger partial charge on any atom is -0.325 e. The number of carbonyl (C=O) groups excluding carboxylic acids is 1. The van der Waals surface area contributed by atoms with Crippen LogP contribution < -0.4 is 5.32 Å². The Hall–Kier alpha value is -2.03. The van der Waals surface area contributed by atoms with Crippen molar-refractivity contribution in [1.29, 1.82) is 0 Å². The molecule has 2 aromatic carbocycles. The Morgan fingerprint density at radius 1 is 1.25 bits per heavy atom. The Labute approximate surface area is 147 Å². The summed E-state index contributed by atoms with van der Waals surface area (Å²) in [6.07, 6.45) is 0. The highest BCUT2D eigenvalue weighted by Gasteiger charge is 2.23. The lowest BCUT2D eigenvalue weighted by molar-refractivity contribution is -0.113. The Bertz CT molecular complexity index is 1030. The summed E-state index contributed by atoms with van der Waals surface area (Å²) < 4.78 is 33.1. The maximum atomic E-state index is 12.5. The zero-order valence-corrected chi connectivity index (χ0v) is 14.9. The Morgan fingerprint density at radius 3 is 2.83 bits per heavy atom. The Morgan fingerprint density at radius 2 is 2.04 bits per heavy atom. The highest BCUT2D eigenvalue weighted by molar-refractivity contribution is 7.92. The van der Waals surface area contributed by atoms with E-state index >= 15 is 0 Å². The molecule has 6 nitrogen and oxygen atoms in total. The van der Waals surface area contributed by atoms with Gasteiger partial charge in [0, 0.05) is 10.7 Å². The standard InChI is InChI=1S/C15H12ClN3O3S2/c1-9-5-6-10(16)7-12(9)17-14(20)8-24(21,22)13-4-2-3-11-15(13)19-23-18-11/h2-7H,8H2,1H3,(H,17,20). The maximum absolute atomic E-state index is 12.5. The van der Waals surface area contributed by atoms with E-state index in [-0.39, 0.29) is 10.4 Å². The molecular formula is C15H12ClN3O3S2. The molecule has 0 bridgehead atoms. The average Bonchev–Trinajstić information content (AvgIpc) is 2.98. The lowest BCUT2D eigenvalue weighted by Gasteiger charge is -2.09. The smallest absolute Gasteiger partial charge is 0.239 e. The third-order valence-corrected chi connectivity index (χ3v) is 5.80. The van der Waals surface area contributed by atoms with Crippen molar-refractivity contribution in [2.45, 2.75) is 11.8 Å². The highest BCUT2D eigenvalue weighted by Crippen LogP contribution is 2.23. The summed E-state index contributed by atoms with van der Waals surface area (Å²) in [4.78, 5) is 12.2. The van der Waals surface area contributed by atoms with Gasteiger partial charge in [0.25, 0.3) is 0 Å². The van der Waals surface area contributed by atoms with Crippen LogP contribution in [0.25, 0.3) is 11.0 Å². The van der Waals surface area contributed by atoms with Gasteiger partial charge in [-0.3, -0.25) is 4.79 Å². The number of aryl methyl sites for hydroxylation is 1. The van der Waals surface area contributed by atoms with Gasteiger partial charge in [-0.25, -0.2) is 8.42 Å². The number of hydrogen-bond acceptors (Lipinski definition) is 6. The number of nitrogens with zero attached hydrogens (tertiary/aromatic N) is 2. The summed E-state index contributed by atoms with van der Waals surface area (Å²) in [6.45, 7) is 1.79. The number of sulfone groups is 1. The summed E-state index contributed by atoms with van der Waals surface area (Å²) in [7, 11) is -3.84. The number of benzene rings is 2. The predicted octanol–water partition coefficient (Wildman–Crippen LogP) is 3.07. The Balaban J connectivity index is 1.85. The third kappa shape index (κ3) is 3.40. The molecule has 0 aliphatic heterocycles. The second-order valence-electron chi connectivity index (χ2n) is 5.15. The van der Waals surface area contributed by atoms with Crippen molar-refractivity contribution < 1.29 is 13.2 Å². The first-order chi connectivity index (χ1) is 11.4. The molecule has 3 aromatic rings. The van der Waals surface area contributed by atoms with Gasteiger partial charge in [0.1, 0.15) is 16.8 Å². The van der Waals surface area contributed by atoms with E-state index in [1.165, 1.54) is 6.07 Å². The van der Waals surface area contributed by atoms with Crippen LogP contribution in [0.4, 0.5) is 5.69 Å². The lowest BCUT2D eigenvalue weighted by atomic mass is 10.2. The van der Waals surface area contributed by atoms with E-state index in [4.69, 9.17) is 11.6 Å². The van der Waals surface area contributed by atoms with E-state index in [0.717, 1.165) is 17.3 Å². The van der Waals surface area contributed by atoms with Gasteiger partial charge in [0.15, 0.2) is 9.84 Å². The van der Waals surface area contributed by atoms with Crippen molar-refractivity contribution >= 4 is 55.8 Å². The summed E-state index contributed by atoms with van der Waals surface area (Å²) in [5.41, 5.74) is 2.05. The summed E-state index contributed by atoms with van der Waals surface area (Å²) in [5, 5.41) is 3.04. The van der Waals surface area contributed by atoms with Gasteiger partial charge in [-0.05, 0) is 36.8 Å². The molecule has 1 heterocycles. The molecule has 0 saturated heterocycles. The molecule has 0 unspecified atom stereocenters. The van der Waals surface area contributed by atoms with Crippen LogP contribution in [0.1, 0.15) is 5.56 Å². The van der Waals surface area contributed by atoms with Gasteiger partial charge in [-0.2, -0.15) is 8.75 Å². The normalized spacial score (nSPS) is 11.6. The number of halogens is 1. The molecule has 24 heavy (non-hydrogen) atoms. The zero-order chi connectivity index (χ0) is 17.3. The zero-order valence-electron chi connectivity index (χ0n) is 12.5. The molecule has 3 rings (SSSR count). The summed E-state index contributed by atoms with van der Waals surface area (Å²) in [6, 6.07) is 9.69. The summed E-state index contributed by atoms with van der Waals surface area (Å²) >= 11 is 6.83. The van der Waals surface area contributed by atoms with Gasteiger partial charge in [-0.1, -0.05) is 23.7 Å². The van der Waals surface area contributed by atoms with E-state index in [9.17, 15) is 13.2 Å². The van der Waals surface area contributed by atoms with E-state index < -0.39 is 21.5 Å². The van der Waals surface area contributed by atoms with E-state index in [1.807, 2.05) is 0 Å². The maximum Gasteiger partial charge on any atom is 0.239 e. The van der Waals surface area contributed by atoms with Crippen LogP contribution in [0, 0.1) is 6.92 Å². The fraction of sp³-hybridized carbons (Fsp3) is 0.133. The van der Waals surface area contributed by atoms with Crippen LogP contribution in [0.5, 0.6) is 0 Å². The van der Waals surface area contributed by atoms with Crippen molar-refractivity contribution in [2.24, 2.45) is 0 Å². The molecule has 0 atom stereocenters. The molecule has 0 aliphatic rings. The minimum atomic E-state index is -3.84. The van der Waals surface area contributed by atoms with Gasteiger partial charge < -0.3 is 5.32 Å². The van der Waals surface area contributed by atoms with Crippen molar-refractivity contribution in [2.75, 3.05) is 11.1 Å². The predicted molar refractivity (Wildman–Crippen MR) is 94.3 cm³/mol. The fourth-order valence-corrected chi connectivity index (χ4v) is 4.28. The number of anilines is 1. The number of hydrogen-bond donors (Lipinski definition) is 1. The first-order valence-electron chi connectivity index (χ1n) is 6.87. The molecule has 1 aromatic heterocycles. The molecule has 124 valence electrons. The average molecular weight is 382 g/mol. The molecule has 0 saturated carbocycles. The van der Waals surface area contributed by atoms with Crippen molar-refractivity contribution in [3.05, 3.63) is 47.0 Å². The highest BCUT2D eigenvalue weighted by atomic mass is 35.5. The largest absolute Gasteiger partial charge is 0.325 e. The number of aromatic nitrogens is 2. The molecule has 1 N–H and O–H groups in total. The van der Waals surface area contributed by atoms with Gasteiger partial charge in [-0.15, -0.1) is 0 Å².